The second-order valence-corrected chi connectivity index (χ2v) is 6.63. The molecule has 1 aromatic heterocycles. The van der Waals surface area contributed by atoms with E-state index in [1.165, 1.54) is 0 Å². The lowest BCUT2D eigenvalue weighted by Gasteiger charge is -2.08. The van der Waals surface area contributed by atoms with Gasteiger partial charge in [-0.05, 0) is 37.3 Å². The molecule has 0 saturated carbocycles. The van der Waals surface area contributed by atoms with Crippen LogP contribution in [0, 0.1) is 6.92 Å². The molecular formula is C19H17N3O3S. The number of hydrogen-bond acceptors (Lipinski definition) is 5. The molecule has 0 aliphatic rings. The number of rotatable bonds is 6. The van der Waals surface area contributed by atoms with Gasteiger partial charge in [0.15, 0.2) is 6.61 Å². The Morgan fingerprint density at radius 2 is 1.96 bits per heavy atom. The molecule has 3 aromatic rings. The molecular weight excluding hydrogens is 350 g/mol. The standard InChI is InChI=1S/C19H17N3O3S/c1-12-21-17(11-26-12)13-5-7-15(8-6-13)22-19(24)14-3-2-4-16(9-14)25-10-18(20)23/h2-9,11H,10H2,1H3,(H2,20,23)(H,22,24). The van der Waals surface area contributed by atoms with Crippen LogP contribution in [0.4, 0.5) is 5.69 Å². The molecule has 0 fully saturated rings. The number of benzene rings is 2. The van der Waals surface area contributed by atoms with Crippen LogP contribution < -0.4 is 15.8 Å². The van der Waals surface area contributed by atoms with Crippen LogP contribution in [0.15, 0.2) is 53.9 Å². The van der Waals surface area contributed by atoms with Crippen molar-refractivity contribution in [1.29, 1.82) is 0 Å². The summed E-state index contributed by atoms with van der Waals surface area (Å²) >= 11 is 1.60. The quantitative estimate of drug-likeness (QED) is 0.699. The van der Waals surface area contributed by atoms with Crippen LogP contribution in [0.3, 0.4) is 0 Å². The maximum absolute atomic E-state index is 12.4. The minimum atomic E-state index is -0.574. The molecule has 3 rings (SSSR count). The van der Waals surface area contributed by atoms with Crippen molar-refractivity contribution < 1.29 is 14.3 Å². The molecule has 0 aliphatic carbocycles. The summed E-state index contributed by atoms with van der Waals surface area (Å²) in [7, 11) is 0. The number of carbonyl (C=O) groups excluding carboxylic acids is 2. The predicted octanol–water partition coefficient (Wildman–Crippen LogP) is 3.23. The Morgan fingerprint density at radius 3 is 2.62 bits per heavy atom. The fourth-order valence-electron chi connectivity index (χ4n) is 2.31. The third kappa shape index (κ3) is 4.46. The minimum absolute atomic E-state index is 0.234. The van der Waals surface area contributed by atoms with Crippen LogP contribution in [0.2, 0.25) is 0 Å². The zero-order chi connectivity index (χ0) is 18.5. The summed E-state index contributed by atoms with van der Waals surface area (Å²) in [5, 5.41) is 5.84. The first-order chi connectivity index (χ1) is 12.5. The van der Waals surface area contributed by atoms with E-state index in [9.17, 15) is 9.59 Å². The largest absolute Gasteiger partial charge is 0.484 e. The Kier molecular flexibility index (Phi) is 5.28. The molecule has 1 heterocycles. The number of nitrogens with two attached hydrogens (primary N) is 1. The van der Waals surface area contributed by atoms with Crippen molar-refractivity contribution in [2.24, 2.45) is 5.73 Å². The highest BCUT2D eigenvalue weighted by atomic mass is 32.1. The normalized spacial score (nSPS) is 10.3. The lowest BCUT2D eigenvalue weighted by molar-refractivity contribution is -0.119. The Hall–Kier alpha value is -3.19. The first-order valence-electron chi connectivity index (χ1n) is 7.86. The van der Waals surface area contributed by atoms with Gasteiger partial charge in [0, 0.05) is 22.2 Å². The number of aryl methyl sites for hydroxylation is 1. The number of amides is 2. The summed E-state index contributed by atoms with van der Waals surface area (Å²) in [6.45, 7) is 1.73. The van der Waals surface area contributed by atoms with E-state index in [1.54, 1.807) is 35.6 Å². The monoisotopic (exact) mass is 367 g/mol. The first-order valence-corrected chi connectivity index (χ1v) is 8.74. The molecule has 7 heteroatoms. The number of ether oxygens (including phenoxy) is 1. The van der Waals surface area contributed by atoms with Crippen LogP contribution in [-0.4, -0.2) is 23.4 Å². The lowest BCUT2D eigenvalue weighted by Crippen LogP contribution is -2.20. The van der Waals surface area contributed by atoms with Crippen LogP contribution >= 0.6 is 11.3 Å². The van der Waals surface area contributed by atoms with Crippen molar-refractivity contribution in [1.82, 2.24) is 4.98 Å². The van der Waals surface area contributed by atoms with Crippen molar-refractivity contribution in [2.45, 2.75) is 6.92 Å². The van der Waals surface area contributed by atoms with Gasteiger partial charge in [-0.3, -0.25) is 9.59 Å². The van der Waals surface area contributed by atoms with Gasteiger partial charge in [0.05, 0.1) is 10.7 Å². The Labute approximate surface area is 154 Å². The number of aromatic nitrogens is 1. The van der Waals surface area contributed by atoms with Gasteiger partial charge < -0.3 is 15.8 Å². The zero-order valence-corrected chi connectivity index (χ0v) is 14.9. The fourth-order valence-corrected chi connectivity index (χ4v) is 2.93. The third-order valence-electron chi connectivity index (χ3n) is 3.53. The molecule has 0 bridgehead atoms. The molecule has 0 radical (unpaired) electrons. The maximum Gasteiger partial charge on any atom is 0.255 e. The summed E-state index contributed by atoms with van der Waals surface area (Å²) < 4.78 is 5.21. The number of carbonyl (C=O) groups is 2. The molecule has 0 atom stereocenters. The van der Waals surface area contributed by atoms with Crippen LogP contribution in [0.25, 0.3) is 11.3 Å². The van der Waals surface area contributed by atoms with Gasteiger partial charge in [-0.2, -0.15) is 0 Å². The van der Waals surface area contributed by atoms with E-state index in [-0.39, 0.29) is 12.5 Å². The second kappa shape index (κ2) is 7.79. The summed E-state index contributed by atoms with van der Waals surface area (Å²) in [4.78, 5) is 27.6. The number of thiazole rings is 1. The Balaban J connectivity index is 1.68. The topological polar surface area (TPSA) is 94.3 Å². The Bertz CT molecular complexity index is 935. The van der Waals surface area contributed by atoms with E-state index >= 15 is 0 Å². The highest BCUT2D eigenvalue weighted by Gasteiger charge is 2.09. The maximum atomic E-state index is 12.4. The van der Waals surface area contributed by atoms with E-state index in [0.717, 1.165) is 16.3 Å². The lowest BCUT2D eigenvalue weighted by atomic mass is 10.1. The molecule has 6 nitrogen and oxygen atoms in total. The average Bonchev–Trinajstić information content (AvgIpc) is 3.07. The molecule has 0 unspecified atom stereocenters. The molecule has 0 aliphatic heterocycles. The molecule has 0 saturated heterocycles. The van der Waals surface area contributed by atoms with Crippen molar-refractivity contribution in [3.63, 3.8) is 0 Å². The van der Waals surface area contributed by atoms with E-state index in [4.69, 9.17) is 10.5 Å². The van der Waals surface area contributed by atoms with Gasteiger partial charge in [-0.25, -0.2) is 4.98 Å². The molecule has 26 heavy (non-hydrogen) atoms. The van der Waals surface area contributed by atoms with Crippen molar-refractivity contribution >= 4 is 28.8 Å². The summed E-state index contributed by atoms with van der Waals surface area (Å²) in [5.74, 6) is -0.437. The highest BCUT2D eigenvalue weighted by molar-refractivity contribution is 7.09. The van der Waals surface area contributed by atoms with Crippen LogP contribution in [0.1, 0.15) is 15.4 Å². The second-order valence-electron chi connectivity index (χ2n) is 5.57. The SMILES string of the molecule is Cc1nc(-c2ccc(NC(=O)c3cccc(OCC(N)=O)c3)cc2)cs1. The zero-order valence-electron chi connectivity index (χ0n) is 14.1. The Morgan fingerprint density at radius 1 is 1.19 bits per heavy atom. The molecule has 0 spiro atoms. The number of nitrogens with one attached hydrogen (secondary N) is 1. The van der Waals surface area contributed by atoms with Gasteiger partial charge >= 0.3 is 0 Å². The van der Waals surface area contributed by atoms with Gasteiger partial charge in [-0.1, -0.05) is 18.2 Å². The van der Waals surface area contributed by atoms with Gasteiger partial charge in [0.25, 0.3) is 11.8 Å². The number of nitrogens with zero attached hydrogens (tertiary/aromatic N) is 1. The summed E-state index contributed by atoms with van der Waals surface area (Å²) in [6.07, 6.45) is 0. The van der Waals surface area contributed by atoms with E-state index < -0.39 is 5.91 Å². The van der Waals surface area contributed by atoms with Crippen molar-refractivity contribution in [2.75, 3.05) is 11.9 Å². The molecule has 2 aromatic carbocycles. The number of anilines is 1. The third-order valence-corrected chi connectivity index (χ3v) is 4.31. The summed E-state index contributed by atoms with van der Waals surface area (Å²) in [5.41, 5.74) is 8.06. The fraction of sp³-hybridized carbons (Fsp3) is 0.105. The first kappa shape index (κ1) is 17.6. The van der Waals surface area contributed by atoms with E-state index in [0.29, 0.717) is 17.0 Å². The van der Waals surface area contributed by atoms with Gasteiger partial charge in [-0.15, -0.1) is 11.3 Å². The van der Waals surface area contributed by atoms with Crippen molar-refractivity contribution in [3.8, 4) is 17.0 Å². The van der Waals surface area contributed by atoms with Crippen molar-refractivity contribution in [3.05, 3.63) is 64.5 Å². The number of primary amides is 1. The number of hydrogen-bond donors (Lipinski definition) is 2. The van der Waals surface area contributed by atoms with Crippen LogP contribution in [0.5, 0.6) is 5.75 Å². The van der Waals surface area contributed by atoms with Gasteiger partial charge in [0.2, 0.25) is 0 Å². The molecule has 132 valence electrons. The molecule has 2 amide bonds. The minimum Gasteiger partial charge on any atom is -0.484 e. The van der Waals surface area contributed by atoms with Crippen LogP contribution in [-0.2, 0) is 4.79 Å². The molecule has 3 N–H and O–H groups in total. The average molecular weight is 367 g/mol. The smallest absolute Gasteiger partial charge is 0.255 e. The highest BCUT2D eigenvalue weighted by Crippen LogP contribution is 2.23. The summed E-state index contributed by atoms with van der Waals surface area (Å²) in [6, 6.07) is 14.0. The van der Waals surface area contributed by atoms with Gasteiger partial charge in [0.1, 0.15) is 5.75 Å². The van der Waals surface area contributed by atoms with E-state index in [1.807, 2.05) is 36.6 Å². The van der Waals surface area contributed by atoms with E-state index in [2.05, 4.69) is 10.3 Å². The predicted molar refractivity (Wildman–Crippen MR) is 101 cm³/mol.